The third-order valence-electron chi connectivity index (χ3n) is 5.38. The maximum atomic E-state index is 13.5. The lowest BCUT2D eigenvalue weighted by Gasteiger charge is -2.32. The fourth-order valence-corrected chi connectivity index (χ4v) is 4.52. The zero-order valence-electron chi connectivity index (χ0n) is 20.3. The Morgan fingerprint density at radius 2 is 1.92 bits per heavy atom. The van der Waals surface area contributed by atoms with Gasteiger partial charge in [-0.2, -0.15) is 4.98 Å². The van der Waals surface area contributed by atoms with Gasteiger partial charge in [-0.15, -0.1) is 10.2 Å². The van der Waals surface area contributed by atoms with Crippen LogP contribution in [0.4, 0.5) is 5.69 Å². The van der Waals surface area contributed by atoms with Gasteiger partial charge in [-0.05, 0) is 31.4 Å². The minimum Gasteiger partial charge on any atom is -0.490 e. The second-order valence-corrected chi connectivity index (χ2v) is 9.33. The highest BCUT2D eigenvalue weighted by atomic mass is 79.9. The summed E-state index contributed by atoms with van der Waals surface area (Å²) >= 11 is 4.85. The van der Waals surface area contributed by atoms with Crippen LogP contribution in [0.1, 0.15) is 45.4 Å². The molecule has 0 saturated heterocycles. The van der Waals surface area contributed by atoms with E-state index < -0.39 is 12.2 Å². The molecule has 0 saturated carbocycles. The first-order valence-corrected chi connectivity index (χ1v) is 13.5. The summed E-state index contributed by atoms with van der Waals surface area (Å²) in [5.74, 6) is 0.0854. The Morgan fingerprint density at radius 1 is 1.14 bits per heavy atom. The molecule has 0 bridgehead atoms. The molecule has 1 aliphatic heterocycles. The van der Waals surface area contributed by atoms with Gasteiger partial charge in [-0.25, -0.2) is 0 Å². The number of carbonyl (C=O) groups excluding carboxylic acids is 2. The predicted molar refractivity (Wildman–Crippen MR) is 139 cm³/mol. The summed E-state index contributed by atoms with van der Waals surface area (Å²) in [5, 5.41) is 8.97. The summed E-state index contributed by atoms with van der Waals surface area (Å²) in [6.45, 7) is 5.65. The number of benzene rings is 2. The van der Waals surface area contributed by atoms with E-state index in [1.54, 1.807) is 26.0 Å². The van der Waals surface area contributed by atoms with E-state index in [4.69, 9.17) is 14.2 Å². The summed E-state index contributed by atoms with van der Waals surface area (Å²) in [6, 6.07) is 10.8. The second kappa shape index (κ2) is 11.3. The maximum Gasteiger partial charge on any atom is 0.311 e. The molecule has 4 rings (SSSR count). The number of amides is 1. The molecule has 2 heterocycles. The van der Waals surface area contributed by atoms with Crippen LogP contribution in [0, 0.1) is 0 Å². The van der Waals surface area contributed by atoms with Gasteiger partial charge in [0.25, 0.3) is 0 Å². The van der Waals surface area contributed by atoms with E-state index in [0.717, 1.165) is 0 Å². The summed E-state index contributed by atoms with van der Waals surface area (Å²) < 4.78 is 18.7. The lowest BCUT2D eigenvalue weighted by Crippen LogP contribution is -2.37. The van der Waals surface area contributed by atoms with E-state index >= 15 is 0 Å². The molecule has 1 unspecified atom stereocenters. The number of ether oxygens (including phenoxy) is 3. The van der Waals surface area contributed by atoms with E-state index in [9.17, 15) is 9.59 Å². The highest BCUT2D eigenvalue weighted by Gasteiger charge is 2.38. The topological polar surface area (TPSA) is 104 Å². The molecule has 9 nitrogen and oxygen atoms in total. The van der Waals surface area contributed by atoms with E-state index in [2.05, 4.69) is 31.1 Å². The molecule has 36 heavy (non-hydrogen) atoms. The average molecular weight is 573 g/mol. The van der Waals surface area contributed by atoms with Crippen LogP contribution >= 0.6 is 27.7 Å². The number of hydrogen-bond donors (Lipinski definition) is 0. The molecule has 0 N–H and O–H groups in total. The fraction of sp³-hybridized carbons (Fsp3) is 0.320. The van der Waals surface area contributed by atoms with E-state index in [1.807, 2.05) is 37.4 Å². The molecule has 0 spiro atoms. The van der Waals surface area contributed by atoms with Crippen LogP contribution in [0.15, 0.2) is 46.0 Å². The fourth-order valence-electron chi connectivity index (χ4n) is 3.77. The minimum absolute atomic E-state index is 0.157. The van der Waals surface area contributed by atoms with Gasteiger partial charge in [0, 0.05) is 22.9 Å². The average Bonchev–Trinajstić information content (AvgIpc) is 3.03. The highest BCUT2D eigenvalue weighted by Crippen LogP contribution is 2.47. The van der Waals surface area contributed by atoms with Crippen molar-refractivity contribution in [3.8, 4) is 28.6 Å². The first kappa shape index (κ1) is 25.9. The molecule has 0 radical (unpaired) electrons. The zero-order valence-corrected chi connectivity index (χ0v) is 22.7. The standard InChI is InChI=1S/C25H25BrN4O5S/c1-5-19(31)30-17-11-9-8-10-15(17)21-23(27-25(36-4)29-28-21)35-24(30)16-12-14(26)13-18(33-7-3)22(16)34-20(32)6-2/h8-13,24H,5-7H2,1-4H3. The first-order chi connectivity index (χ1) is 17.4. The highest BCUT2D eigenvalue weighted by molar-refractivity contribution is 9.10. The summed E-state index contributed by atoms with van der Waals surface area (Å²) in [7, 11) is 0. The largest absolute Gasteiger partial charge is 0.490 e. The lowest BCUT2D eigenvalue weighted by molar-refractivity contribution is -0.134. The summed E-state index contributed by atoms with van der Waals surface area (Å²) in [5.41, 5.74) is 2.05. The summed E-state index contributed by atoms with van der Waals surface area (Å²) in [4.78, 5) is 32.0. The molecule has 1 amide bonds. The number of rotatable bonds is 7. The Labute approximate surface area is 221 Å². The second-order valence-electron chi connectivity index (χ2n) is 7.64. The van der Waals surface area contributed by atoms with Crippen molar-refractivity contribution in [1.29, 1.82) is 0 Å². The smallest absolute Gasteiger partial charge is 0.311 e. The molecule has 1 aromatic heterocycles. The van der Waals surface area contributed by atoms with Crippen molar-refractivity contribution in [1.82, 2.24) is 15.2 Å². The van der Waals surface area contributed by atoms with Crippen LogP contribution in [0.25, 0.3) is 11.3 Å². The van der Waals surface area contributed by atoms with Crippen molar-refractivity contribution in [2.45, 2.75) is 45.0 Å². The van der Waals surface area contributed by atoms with Crippen molar-refractivity contribution in [2.75, 3.05) is 17.8 Å². The number of para-hydroxylation sites is 1. The zero-order chi connectivity index (χ0) is 25.8. The van der Waals surface area contributed by atoms with Gasteiger partial charge < -0.3 is 14.2 Å². The van der Waals surface area contributed by atoms with E-state index in [0.29, 0.717) is 44.5 Å². The molecule has 0 fully saturated rings. The van der Waals surface area contributed by atoms with Crippen molar-refractivity contribution in [3.05, 3.63) is 46.4 Å². The molecule has 188 valence electrons. The van der Waals surface area contributed by atoms with Gasteiger partial charge in [0.2, 0.25) is 23.2 Å². The monoisotopic (exact) mass is 572 g/mol. The SMILES string of the molecule is CCOc1cc(Br)cc(C2Oc3nc(SC)nnc3-c3ccccc3N2C(=O)CC)c1OC(=O)CC. The number of esters is 1. The normalized spacial score (nSPS) is 14.2. The third kappa shape index (κ3) is 5.03. The van der Waals surface area contributed by atoms with Crippen molar-refractivity contribution >= 4 is 45.3 Å². The third-order valence-corrected chi connectivity index (χ3v) is 6.38. The Kier molecular flexibility index (Phi) is 8.10. The van der Waals surface area contributed by atoms with E-state index in [1.165, 1.54) is 16.7 Å². The number of hydrogen-bond acceptors (Lipinski definition) is 9. The number of fused-ring (bicyclic) bond motifs is 3. The molecule has 11 heteroatoms. The van der Waals surface area contributed by atoms with Crippen LogP contribution < -0.4 is 19.1 Å². The van der Waals surface area contributed by atoms with Crippen LogP contribution in [0.3, 0.4) is 0 Å². The van der Waals surface area contributed by atoms with Crippen LogP contribution in [0.2, 0.25) is 0 Å². The Morgan fingerprint density at radius 3 is 2.61 bits per heavy atom. The molecular formula is C25H25BrN4O5S. The van der Waals surface area contributed by atoms with Gasteiger partial charge in [-0.3, -0.25) is 14.5 Å². The Hall–Kier alpha value is -3.18. The Bertz CT molecular complexity index is 1310. The number of nitrogens with zero attached hydrogens (tertiary/aromatic N) is 4. The number of halogens is 1. The molecule has 3 aromatic rings. The van der Waals surface area contributed by atoms with Crippen LogP contribution in [0.5, 0.6) is 17.4 Å². The quantitative estimate of drug-likeness (QED) is 0.204. The van der Waals surface area contributed by atoms with Gasteiger partial charge in [0.1, 0.15) is 0 Å². The molecular weight excluding hydrogens is 548 g/mol. The number of carbonyl (C=O) groups is 2. The molecule has 1 atom stereocenters. The van der Waals surface area contributed by atoms with Crippen LogP contribution in [-0.4, -0.2) is 39.9 Å². The van der Waals surface area contributed by atoms with Crippen molar-refractivity contribution in [3.63, 3.8) is 0 Å². The number of aromatic nitrogens is 3. The minimum atomic E-state index is -1.04. The molecule has 2 aromatic carbocycles. The summed E-state index contributed by atoms with van der Waals surface area (Å²) in [6.07, 6.45) is 1.16. The van der Waals surface area contributed by atoms with Crippen molar-refractivity contribution in [2.24, 2.45) is 0 Å². The number of anilines is 1. The number of thioether (sulfide) groups is 1. The van der Waals surface area contributed by atoms with Gasteiger partial charge in [0.15, 0.2) is 17.2 Å². The van der Waals surface area contributed by atoms with E-state index in [-0.39, 0.29) is 30.4 Å². The molecule has 1 aliphatic rings. The van der Waals surface area contributed by atoms with Gasteiger partial charge in [-0.1, -0.05) is 59.7 Å². The lowest BCUT2D eigenvalue weighted by atomic mass is 10.1. The van der Waals surface area contributed by atoms with Crippen LogP contribution in [-0.2, 0) is 9.59 Å². The van der Waals surface area contributed by atoms with Gasteiger partial charge >= 0.3 is 5.97 Å². The van der Waals surface area contributed by atoms with Gasteiger partial charge in [0.05, 0.1) is 17.9 Å². The van der Waals surface area contributed by atoms with Crippen molar-refractivity contribution < 1.29 is 23.8 Å². The first-order valence-electron chi connectivity index (χ1n) is 11.4. The molecule has 0 aliphatic carbocycles. The predicted octanol–water partition coefficient (Wildman–Crippen LogP) is 5.57. The Balaban J connectivity index is 2.03. The maximum absolute atomic E-state index is 13.5.